The summed E-state index contributed by atoms with van der Waals surface area (Å²) in [6.07, 6.45) is -4.98. The SMILES string of the molecule is Cc1ccc(-c2cc(O)c(-c3ccc(OC(F)(F)F)cc3F)cc2O)c(F)c1. The number of ether oxygens (including phenoxy) is 1. The van der Waals surface area contributed by atoms with Crippen LogP contribution in [0.25, 0.3) is 22.3 Å². The van der Waals surface area contributed by atoms with Gasteiger partial charge in [-0.25, -0.2) is 8.78 Å². The monoisotopic (exact) mass is 396 g/mol. The molecule has 0 amide bonds. The molecule has 0 heterocycles. The predicted octanol–water partition coefficient (Wildman–Crippen LogP) is 5.92. The first kappa shape index (κ1) is 19.5. The lowest BCUT2D eigenvalue weighted by atomic mass is 9.97. The quantitative estimate of drug-likeness (QED) is 0.427. The average molecular weight is 396 g/mol. The highest BCUT2D eigenvalue weighted by Gasteiger charge is 2.31. The number of hydrogen-bond acceptors (Lipinski definition) is 3. The van der Waals surface area contributed by atoms with E-state index >= 15 is 0 Å². The maximum Gasteiger partial charge on any atom is 0.573 e. The van der Waals surface area contributed by atoms with Gasteiger partial charge in [-0.3, -0.25) is 0 Å². The van der Waals surface area contributed by atoms with Crippen molar-refractivity contribution in [2.24, 2.45) is 0 Å². The van der Waals surface area contributed by atoms with E-state index in [0.717, 1.165) is 24.3 Å². The Morgan fingerprint density at radius 1 is 0.714 bits per heavy atom. The number of rotatable bonds is 3. The van der Waals surface area contributed by atoms with Crippen LogP contribution < -0.4 is 4.74 Å². The molecule has 0 unspecified atom stereocenters. The Kier molecular flexibility index (Phi) is 4.89. The summed E-state index contributed by atoms with van der Waals surface area (Å²) in [5.74, 6) is -3.43. The average Bonchev–Trinajstić information content (AvgIpc) is 2.56. The van der Waals surface area contributed by atoms with Gasteiger partial charge in [0, 0.05) is 28.3 Å². The number of aromatic hydroxyl groups is 2. The molecule has 0 fully saturated rings. The minimum atomic E-state index is -4.98. The van der Waals surface area contributed by atoms with E-state index in [0.29, 0.717) is 11.6 Å². The van der Waals surface area contributed by atoms with Crippen LogP contribution in [-0.4, -0.2) is 16.6 Å². The highest BCUT2D eigenvalue weighted by molar-refractivity contribution is 5.81. The van der Waals surface area contributed by atoms with Crippen LogP contribution in [0.3, 0.4) is 0 Å². The minimum Gasteiger partial charge on any atom is -0.507 e. The second kappa shape index (κ2) is 7.03. The molecule has 0 radical (unpaired) electrons. The van der Waals surface area contributed by atoms with Crippen LogP contribution >= 0.6 is 0 Å². The Balaban J connectivity index is 2.04. The molecule has 28 heavy (non-hydrogen) atoms. The van der Waals surface area contributed by atoms with Gasteiger partial charge in [-0.1, -0.05) is 12.1 Å². The maximum absolute atomic E-state index is 14.3. The number of phenols is 2. The number of alkyl halides is 3. The van der Waals surface area contributed by atoms with Crippen molar-refractivity contribution in [1.29, 1.82) is 0 Å². The van der Waals surface area contributed by atoms with Crippen molar-refractivity contribution in [3.8, 4) is 39.5 Å². The smallest absolute Gasteiger partial charge is 0.507 e. The van der Waals surface area contributed by atoms with Crippen molar-refractivity contribution in [3.05, 3.63) is 65.7 Å². The van der Waals surface area contributed by atoms with Crippen LogP contribution in [0.2, 0.25) is 0 Å². The van der Waals surface area contributed by atoms with E-state index in [-0.39, 0.29) is 22.3 Å². The van der Waals surface area contributed by atoms with E-state index in [1.807, 2.05) is 0 Å². The minimum absolute atomic E-state index is 0.0174. The van der Waals surface area contributed by atoms with Crippen molar-refractivity contribution in [2.75, 3.05) is 0 Å². The molecule has 0 atom stereocenters. The Hall–Kier alpha value is -3.29. The van der Waals surface area contributed by atoms with Crippen molar-refractivity contribution in [3.63, 3.8) is 0 Å². The topological polar surface area (TPSA) is 49.7 Å². The number of halogens is 5. The van der Waals surface area contributed by atoms with Crippen molar-refractivity contribution >= 4 is 0 Å². The first-order chi connectivity index (χ1) is 13.0. The van der Waals surface area contributed by atoms with Crippen molar-refractivity contribution in [2.45, 2.75) is 13.3 Å². The van der Waals surface area contributed by atoms with Gasteiger partial charge in [0.25, 0.3) is 0 Å². The molecule has 0 bridgehead atoms. The van der Waals surface area contributed by atoms with E-state index < -0.39 is 35.2 Å². The zero-order valence-corrected chi connectivity index (χ0v) is 14.3. The Bertz CT molecular complexity index is 1040. The summed E-state index contributed by atoms with van der Waals surface area (Å²) in [5, 5.41) is 20.5. The van der Waals surface area contributed by atoms with Crippen LogP contribution in [0.15, 0.2) is 48.5 Å². The lowest BCUT2D eigenvalue weighted by Crippen LogP contribution is -2.17. The molecule has 0 aromatic heterocycles. The molecule has 3 aromatic rings. The zero-order chi connectivity index (χ0) is 20.6. The first-order valence-corrected chi connectivity index (χ1v) is 7.93. The molecule has 146 valence electrons. The van der Waals surface area contributed by atoms with Crippen LogP contribution in [0.1, 0.15) is 5.56 Å². The van der Waals surface area contributed by atoms with Crippen LogP contribution in [0.4, 0.5) is 22.0 Å². The molecular weight excluding hydrogens is 383 g/mol. The largest absolute Gasteiger partial charge is 0.573 e. The molecule has 8 heteroatoms. The Morgan fingerprint density at radius 2 is 1.21 bits per heavy atom. The molecule has 3 rings (SSSR count). The summed E-state index contributed by atoms with van der Waals surface area (Å²) >= 11 is 0. The van der Waals surface area contributed by atoms with Gasteiger partial charge >= 0.3 is 6.36 Å². The summed E-state index contributed by atoms with van der Waals surface area (Å²) in [6, 6.07) is 8.69. The van der Waals surface area contributed by atoms with E-state index in [2.05, 4.69) is 4.74 Å². The highest BCUT2D eigenvalue weighted by atomic mass is 19.4. The van der Waals surface area contributed by atoms with Gasteiger partial charge in [-0.2, -0.15) is 0 Å². The van der Waals surface area contributed by atoms with Crippen LogP contribution in [0.5, 0.6) is 17.2 Å². The predicted molar refractivity (Wildman–Crippen MR) is 92.0 cm³/mol. The van der Waals surface area contributed by atoms with Gasteiger partial charge in [-0.15, -0.1) is 13.2 Å². The molecular formula is C20H13F5O3. The van der Waals surface area contributed by atoms with E-state index in [9.17, 15) is 32.2 Å². The van der Waals surface area contributed by atoms with Crippen LogP contribution in [-0.2, 0) is 0 Å². The first-order valence-electron chi connectivity index (χ1n) is 7.93. The normalized spacial score (nSPS) is 11.5. The fraction of sp³-hybridized carbons (Fsp3) is 0.100. The molecule has 0 aliphatic heterocycles. The molecule has 0 aliphatic carbocycles. The Labute approximate surface area is 156 Å². The number of aryl methyl sites for hydroxylation is 1. The summed E-state index contributed by atoms with van der Waals surface area (Å²) in [6.45, 7) is 1.68. The Morgan fingerprint density at radius 3 is 1.68 bits per heavy atom. The lowest BCUT2D eigenvalue weighted by molar-refractivity contribution is -0.274. The summed E-state index contributed by atoms with van der Waals surface area (Å²) < 4.78 is 68.7. The summed E-state index contributed by atoms with van der Waals surface area (Å²) in [4.78, 5) is 0. The van der Waals surface area contributed by atoms with E-state index in [4.69, 9.17) is 0 Å². The number of phenolic OH excluding ortho intramolecular Hbond substituents is 2. The second-order valence-corrected chi connectivity index (χ2v) is 6.06. The van der Waals surface area contributed by atoms with Gasteiger partial charge in [0.1, 0.15) is 28.9 Å². The third-order valence-corrected chi connectivity index (χ3v) is 3.99. The van der Waals surface area contributed by atoms with Crippen molar-refractivity contribution in [1.82, 2.24) is 0 Å². The van der Waals surface area contributed by atoms with Gasteiger partial charge in [-0.05, 0) is 42.8 Å². The molecule has 0 saturated carbocycles. The highest BCUT2D eigenvalue weighted by Crippen LogP contribution is 2.42. The van der Waals surface area contributed by atoms with Gasteiger partial charge < -0.3 is 14.9 Å². The molecule has 2 N–H and O–H groups in total. The summed E-state index contributed by atoms with van der Waals surface area (Å²) in [7, 11) is 0. The van der Waals surface area contributed by atoms with Gasteiger partial charge in [0.2, 0.25) is 0 Å². The fourth-order valence-electron chi connectivity index (χ4n) is 2.76. The lowest BCUT2D eigenvalue weighted by Gasteiger charge is -2.13. The molecule has 0 saturated heterocycles. The number of hydrogen-bond donors (Lipinski definition) is 2. The fourth-order valence-corrected chi connectivity index (χ4v) is 2.76. The molecule has 0 spiro atoms. The van der Waals surface area contributed by atoms with E-state index in [1.165, 1.54) is 12.1 Å². The van der Waals surface area contributed by atoms with Crippen LogP contribution in [0, 0.1) is 18.6 Å². The third kappa shape index (κ3) is 4.00. The molecule has 3 nitrogen and oxygen atoms in total. The summed E-state index contributed by atoms with van der Waals surface area (Å²) in [5.41, 5.74) is 0.225. The third-order valence-electron chi connectivity index (χ3n) is 3.99. The molecule has 3 aromatic carbocycles. The maximum atomic E-state index is 14.3. The van der Waals surface area contributed by atoms with Crippen molar-refractivity contribution < 1.29 is 36.9 Å². The molecule has 0 aliphatic rings. The standard InChI is InChI=1S/C20H13F5O3/c1-10-2-4-12(16(21)6-10)14-8-19(27)15(9-18(14)26)13-5-3-11(7-17(13)22)28-20(23,24)25/h2-9,26-27H,1H3. The van der Waals surface area contributed by atoms with Gasteiger partial charge in [0.05, 0.1) is 0 Å². The van der Waals surface area contributed by atoms with Gasteiger partial charge in [0.15, 0.2) is 0 Å². The second-order valence-electron chi connectivity index (χ2n) is 6.06. The number of benzene rings is 3. The zero-order valence-electron chi connectivity index (χ0n) is 14.3. The van der Waals surface area contributed by atoms with E-state index in [1.54, 1.807) is 13.0 Å².